The SMILES string of the molecule is CC(C)(C)C(O)C(CCCOc1cccc(F)c1F)n1cncn1. The first-order valence-electron chi connectivity index (χ1n) is 7.89. The predicted octanol–water partition coefficient (Wildman–Crippen LogP) is 3.36. The maximum Gasteiger partial charge on any atom is 0.200 e. The van der Waals surface area contributed by atoms with Crippen molar-refractivity contribution in [2.45, 2.75) is 45.8 Å². The molecule has 2 unspecified atom stereocenters. The molecular formula is C17H23F2N3O2. The highest BCUT2D eigenvalue weighted by Gasteiger charge is 2.31. The topological polar surface area (TPSA) is 60.2 Å². The average molecular weight is 339 g/mol. The van der Waals surface area contributed by atoms with Crippen molar-refractivity contribution in [1.29, 1.82) is 0 Å². The van der Waals surface area contributed by atoms with Crippen LogP contribution < -0.4 is 4.74 Å². The molecule has 1 aromatic heterocycles. The third-order valence-corrected chi connectivity index (χ3v) is 3.85. The molecule has 0 bridgehead atoms. The molecule has 1 aromatic carbocycles. The second-order valence-corrected chi connectivity index (χ2v) is 6.80. The molecule has 0 saturated carbocycles. The molecule has 7 heteroatoms. The number of halogens is 2. The minimum absolute atomic E-state index is 0.108. The second-order valence-electron chi connectivity index (χ2n) is 6.80. The fraction of sp³-hybridized carbons (Fsp3) is 0.529. The van der Waals surface area contributed by atoms with Gasteiger partial charge in [-0.05, 0) is 30.4 Å². The summed E-state index contributed by atoms with van der Waals surface area (Å²) in [5, 5.41) is 14.7. The first-order chi connectivity index (χ1) is 11.3. The molecule has 0 aliphatic rings. The van der Waals surface area contributed by atoms with Gasteiger partial charge < -0.3 is 9.84 Å². The molecule has 2 aromatic rings. The van der Waals surface area contributed by atoms with Gasteiger partial charge in [0, 0.05) is 0 Å². The summed E-state index contributed by atoms with van der Waals surface area (Å²) in [5.74, 6) is -2.03. The second kappa shape index (κ2) is 7.70. The lowest BCUT2D eigenvalue weighted by Crippen LogP contribution is -2.36. The molecule has 24 heavy (non-hydrogen) atoms. The van der Waals surface area contributed by atoms with Crippen LogP contribution in [0.1, 0.15) is 39.7 Å². The lowest BCUT2D eigenvalue weighted by atomic mass is 9.83. The maximum absolute atomic E-state index is 13.5. The van der Waals surface area contributed by atoms with Crippen molar-refractivity contribution in [3.8, 4) is 5.75 Å². The Morgan fingerprint density at radius 3 is 2.67 bits per heavy atom. The molecule has 0 saturated heterocycles. The standard InChI is InChI=1S/C17H23F2N3O2/c1-17(2,3)16(23)13(22-11-20-10-21-22)7-5-9-24-14-8-4-6-12(18)15(14)19/h4,6,8,10-11,13,16,23H,5,7,9H2,1-3H3. The summed E-state index contributed by atoms with van der Waals surface area (Å²) >= 11 is 0. The number of aromatic nitrogens is 3. The van der Waals surface area contributed by atoms with Gasteiger partial charge in [0.15, 0.2) is 11.6 Å². The first kappa shape index (κ1) is 18.3. The molecule has 0 aliphatic carbocycles. The fourth-order valence-electron chi connectivity index (χ4n) is 2.47. The van der Waals surface area contributed by atoms with E-state index in [4.69, 9.17) is 4.74 Å². The maximum atomic E-state index is 13.5. The van der Waals surface area contributed by atoms with Gasteiger partial charge in [-0.25, -0.2) is 14.1 Å². The average Bonchev–Trinajstić information content (AvgIpc) is 3.04. The molecule has 0 spiro atoms. The van der Waals surface area contributed by atoms with E-state index in [1.807, 2.05) is 20.8 Å². The third kappa shape index (κ3) is 4.50. The first-order valence-corrected chi connectivity index (χ1v) is 7.89. The van der Waals surface area contributed by atoms with Crippen LogP contribution in [0, 0.1) is 17.0 Å². The van der Waals surface area contributed by atoms with Crippen LogP contribution in [0.25, 0.3) is 0 Å². The number of hydrogen-bond acceptors (Lipinski definition) is 4. The van der Waals surface area contributed by atoms with Crippen molar-refractivity contribution in [3.05, 3.63) is 42.5 Å². The van der Waals surface area contributed by atoms with E-state index in [0.717, 1.165) is 6.07 Å². The molecule has 1 N–H and O–H groups in total. The normalized spacial score (nSPS) is 14.4. The lowest BCUT2D eigenvalue weighted by molar-refractivity contribution is 0.00755. The summed E-state index contributed by atoms with van der Waals surface area (Å²) in [6, 6.07) is 3.56. The monoisotopic (exact) mass is 339 g/mol. The van der Waals surface area contributed by atoms with E-state index in [1.165, 1.54) is 18.5 Å². The van der Waals surface area contributed by atoms with Gasteiger partial charge in [-0.15, -0.1) is 0 Å². The van der Waals surface area contributed by atoms with Gasteiger partial charge in [-0.2, -0.15) is 9.49 Å². The van der Waals surface area contributed by atoms with Gasteiger partial charge in [-0.1, -0.05) is 26.8 Å². The zero-order chi connectivity index (χ0) is 17.7. The van der Waals surface area contributed by atoms with E-state index in [-0.39, 0.29) is 23.8 Å². The van der Waals surface area contributed by atoms with Gasteiger partial charge in [-0.3, -0.25) is 0 Å². The molecular weight excluding hydrogens is 316 g/mol. The Kier molecular flexibility index (Phi) is 5.88. The van der Waals surface area contributed by atoms with Gasteiger partial charge in [0.1, 0.15) is 12.7 Å². The highest BCUT2D eigenvalue weighted by atomic mass is 19.2. The van der Waals surface area contributed by atoms with Gasteiger partial charge in [0.05, 0.1) is 18.8 Å². The minimum atomic E-state index is -0.986. The van der Waals surface area contributed by atoms with E-state index in [0.29, 0.717) is 12.8 Å². The number of aliphatic hydroxyl groups is 1. The van der Waals surface area contributed by atoms with Crippen LogP contribution in [-0.4, -0.2) is 32.6 Å². The van der Waals surface area contributed by atoms with E-state index >= 15 is 0 Å². The number of rotatable bonds is 7. The number of ether oxygens (including phenoxy) is 1. The smallest absolute Gasteiger partial charge is 0.200 e. The van der Waals surface area contributed by atoms with Crippen LogP contribution in [-0.2, 0) is 0 Å². The summed E-state index contributed by atoms with van der Waals surface area (Å²) in [6.45, 7) is 6.04. The van der Waals surface area contributed by atoms with Gasteiger partial charge >= 0.3 is 0 Å². The Balaban J connectivity index is 1.95. The minimum Gasteiger partial charge on any atom is -0.490 e. The summed E-state index contributed by atoms with van der Waals surface area (Å²) in [4.78, 5) is 3.92. The van der Waals surface area contributed by atoms with Crippen LogP contribution in [0.4, 0.5) is 8.78 Å². The summed E-state index contributed by atoms with van der Waals surface area (Å²) in [6.07, 6.45) is 3.46. The molecule has 1 heterocycles. The van der Waals surface area contributed by atoms with Gasteiger partial charge in [0.2, 0.25) is 5.82 Å². The summed E-state index contributed by atoms with van der Waals surface area (Å²) in [7, 11) is 0. The number of aliphatic hydroxyl groups excluding tert-OH is 1. The Labute approximate surface area is 140 Å². The van der Waals surface area contributed by atoms with Crippen molar-refractivity contribution >= 4 is 0 Å². The fourth-order valence-corrected chi connectivity index (χ4v) is 2.47. The zero-order valence-corrected chi connectivity index (χ0v) is 14.1. The highest BCUT2D eigenvalue weighted by molar-refractivity contribution is 5.24. The van der Waals surface area contributed by atoms with E-state index in [9.17, 15) is 13.9 Å². The van der Waals surface area contributed by atoms with Crippen LogP contribution in [0.3, 0.4) is 0 Å². The molecule has 5 nitrogen and oxygen atoms in total. The molecule has 132 valence electrons. The van der Waals surface area contributed by atoms with Crippen molar-refractivity contribution in [1.82, 2.24) is 14.8 Å². The van der Waals surface area contributed by atoms with Crippen molar-refractivity contribution < 1.29 is 18.6 Å². The Hall–Kier alpha value is -2.02. The molecule has 0 aliphatic heterocycles. The van der Waals surface area contributed by atoms with E-state index < -0.39 is 17.7 Å². The third-order valence-electron chi connectivity index (χ3n) is 3.85. The zero-order valence-electron chi connectivity index (χ0n) is 14.1. The molecule has 2 rings (SSSR count). The van der Waals surface area contributed by atoms with Crippen LogP contribution >= 0.6 is 0 Å². The molecule has 0 fully saturated rings. The van der Waals surface area contributed by atoms with Gasteiger partial charge in [0.25, 0.3) is 0 Å². The lowest BCUT2D eigenvalue weighted by Gasteiger charge is -2.33. The quantitative estimate of drug-likeness (QED) is 0.786. The van der Waals surface area contributed by atoms with Crippen LogP contribution in [0.15, 0.2) is 30.9 Å². The molecule has 0 radical (unpaired) electrons. The Morgan fingerprint density at radius 1 is 1.29 bits per heavy atom. The molecule has 0 amide bonds. The Bertz CT molecular complexity index is 642. The van der Waals surface area contributed by atoms with Crippen molar-refractivity contribution in [3.63, 3.8) is 0 Å². The van der Waals surface area contributed by atoms with Crippen LogP contribution in [0.2, 0.25) is 0 Å². The largest absolute Gasteiger partial charge is 0.490 e. The number of nitrogens with zero attached hydrogens (tertiary/aromatic N) is 3. The van der Waals surface area contributed by atoms with E-state index in [2.05, 4.69) is 10.1 Å². The Morgan fingerprint density at radius 2 is 2.04 bits per heavy atom. The highest BCUT2D eigenvalue weighted by Crippen LogP contribution is 2.30. The molecule has 2 atom stereocenters. The predicted molar refractivity (Wildman–Crippen MR) is 85.6 cm³/mol. The van der Waals surface area contributed by atoms with E-state index in [1.54, 1.807) is 11.0 Å². The number of benzene rings is 1. The number of hydrogen-bond donors (Lipinski definition) is 1. The summed E-state index contributed by atoms with van der Waals surface area (Å²) in [5.41, 5.74) is -0.327. The van der Waals surface area contributed by atoms with Crippen LogP contribution in [0.5, 0.6) is 5.75 Å². The summed E-state index contributed by atoms with van der Waals surface area (Å²) < 4.78 is 33.6. The van der Waals surface area contributed by atoms with Crippen molar-refractivity contribution in [2.24, 2.45) is 5.41 Å². The van der Waals surface area contributed by atoms with Crippen molar-refractivity contribution in [2.75, 3.05) is 6.61 Å².